The molecule has 0 radical (unpaired) electrons. The SMILES string of the molecule is C=O.CC.CCC1CCCCCC1.O. The second-order valence-electron chi connectivity index (χ2n) is 3.27. The van der Waals surface area contributed by atoms with Crippen molar-refractivity contribution in [2.45, 2.75) is 65.7 Å². The summed E-state index contributed by atoms with van der Waals surface area (Å²) in [5.41, 5.74) is 0. The highest BCUT2D eigenvalue weighted by Crippen LogP contribution is 2.24. The van der Waals surface area contributed by atoms with Crippen LogP contribution in [0.4, 0.5) is 0 Å². The van der Waals surface area contributed by atoms with Crippen molar-refractivity contribution in [2.75, 3.05) is 0 Å². The smallest absolute Gasteiger partial charge is 0.106 e. The predicted octanol–water partition coefficient (Wildman–Crippen LogP) is 3.38. The lowest BCUT2D eigenvalue weighted by Gasteiger charge is -2.08. The Morgan fingerprint density at radius 2 is 1.36 bits per heavy atom. The Morgan fingerprint density at radius 1 is 1.00 bits per heavy atom. The zero-order valence-corrected chi connectivity index (χ0v) is 10.1. The van der Waals surface area contributed by atoms with Gasteiger partial charge in [0.25, 0.3) is 0 Å². The average molecular weight is 204 g/mol. The van der Waals surface area contributed by atoms with E-state index in [0.29, 0.717) is 0 Å². The maximum absolute atomic E-state index is 8.00. The summed E-state index contributed by atoms with van der Waals surface area (Å²) in [5, 5.41) is 0. The van der Waals surface area contributed by atoms with Crippen LogP contribution in [0.3, 0.4) is 0 Å². The molecule has 0 aromatic heterocycles. The van der Waals surface area contributed by atoms with Crippen molar-refractivity contribution in [3.8, 4) is 0 Å². The third kappa shape index (κ3) is 11.6. The topological polar surface area (TPSA) is 48.6 Å². The van der Waals surface area contributed by atoms with E-state index in [-0.39, 0.29) is 5.48 Å². The number of carbonyl (C=O) groups is 1. The second-order valence-corrected chi connectivity index (χ2v) is 3.27. The van der Waals surface area contributed by atoms with Crippen LogP contribution in [0.25, 0.3) is 0 Å². The summed E-state index contributed by atoms with van der Waals surface area (Å²) in [6, 6.07) is 0. The molecule has 0 aliphatic heterocycles. The molecule has 2 heteroatoms. The molecule has 2 nitrogen and oxygen atoms in total. The molecule has 2 N–H and O–H groups in total. The van der Waals surface area contributed by atoms with Crippen LogP contribution >= 0.6 is 0 Å². The van der Waals surface area contributed by atoms with E-state index < -0.39 is 0 Å². The summed E-state index contributed by atoms with van der Waals surface area (Å²) in [6.07, 6.45) is 10.4. The molecular weight excluding hydrogens is 176 g/mol. The molecule has 0 amide bonds. The van der Waals surface area contributed by atoms with E-state index in [1.54, 1.807) is 0 Å². The fourth-order valence-electron chi connectivity index (χ4n) is 1.77. The van der Waals surface area contributed by atoms with Gasteiger partial charge in [-0.1, -0.05) is 65.7 Å². The van der Waals surface area contributed by atoms with Gasteiger partial charge in [-0.2, -0.15) is 0 Å². The first-order valence-electron chi connectivity index (χ1n) is 5.72. The van der Waals surface area contributed by atoms with Gasteiger partial charge in [0.05, 0.1) is 0 Å². The van der Waals surface area contributed by atoms with Gasteiger partial charge in [-0.3, -0.25) is 0 Å². The van der Waals surface area contributed by atoms with Crippen molar-refractivity contribution < 1.29 is 10.3 Å². The van der Waals surface area contributed by atoms with Crippen LogP contribution < -0.4 is 0 Å². The second kappa shape index (κ2) is 18.4. The highest BCUT2D eigenvalue weighted by Gasteiger charge is 2.08. The van der Waals surface area contributed by atoms with Crippen LogP contribution in [0.1, 0.15) is 65.7 Å². The van der Waals surface area contributed by atoms with Gasteiger partial charge in [-0.25, -0.2) is 0 Å². The molecule has 1 aliphatic rings. The van der Waals surface area contributed by atoms with Gasteiger partial charge in [0.1, 0.15) is 6.79 Å². The summed E-state index contributed by atoms with van der Waals surface area (Å²) in [6.45, 7) is 8.33. The van der Waals surface area contributed by atoms with Gasteiger partial charge >= 0.3 is 0 Å². The zero-order chi connectivity index (χ0) is 10.5. The van der Waals surface area contributed by atoms with Crippen LogP contribution in [-0.4, -0.2) is 12.3 Å². The Hall–Kier alpha value is -0.370. The van der Waals surface area contributed by atoms with Crippen molar-refractivity contribution in [3.63, 3.8) is 0 Å². The first-order chi connectivity index (χ1) is 6.43. The molecule has 1 rings (SSSR count). The molecule has 0 aromatic carbocycles. The molecule has 0 heterocycles. The fourth-order valence-corrected chi connectivity index (χ4v) is 1.77. The van der Waals surface area contributed by atoms with E-state index in [1.165, 1.54) is 44.9 Å². The molecule has 1 saturated carbocycles. The van der Waals surface area contributed by atoms with Gasteiger partial charge in [-0.15, -0.1) is 0 Å². The van der Waals surface area contributed by atoms with Crippen LogP contribution in [0, 0.1) is 5.92 Å². The number of rotatable bonds is 1. The minimum atomic E-state index is 0. The zero-order valence-electron chi connectivity index (χ0n) is 10.1. The van der Waals surface area contributed by atoms with Gasteiger partial charge in [0.15, 0.2) is 0 Å². The van der Waals surface area contributed by atoms with E-state index in [4.69, 9.17) is 4.79 Å². The van der Waals surface area contributed by atoms with Crippen molar-refractivity contribution in [3.05, 3.63) is 0 Å². The number of carbonyl (C=O) groups excluding carboxylic acids is 1. The van der Waals surface area contributed by atoms with Crippen molar-refractivity contribution in [1.82, 2.24) is 0 Å². The van der Waals surface area contributed by atoms with E-state index in [2.05, 4.69) is 6.92 Å². The lowest BCUT2D eigenvalue weighted by Crippen LogP contribution is -1.94. The lowest BCUT2D eigenvalue weighted by molar-refractivity contribution is -0.0979. The molecule has 14 heavy (non-hydrogen) atoms. The normalized spacial score (nSPS) is 15.9. The van der Waals surface area contributed by atoms with Gasteiger partial charge < -0.3 is 10.3 Å². The monoisotopic (exact) mass is 204 g/mol. The van der Waals surface area contributed by atoms with Crippen molar-refractivity contribution >= 4 is 6.79 Å². The maximum atomic E-state index is 8.00. The quantitative estimate of drug-likeness (QED) is 0.604. The summed E-state index contributed by atoms with van der Waals surface area (Å²) in [4.78, 5) is 8.00. The number of hydrogen-bond donors (Lipinski definition) is 0. The van der Waals surface area contributed by atoms with Gasteiger partial charge in [-0.05, 0) is 5.92 Å². The Balaban J connectivity index is -0.000000216. The molecule has 0 spiro atoms. The third-order valence-electron chi connectivity index (χ3n) is 2.55. The van der Waals surface area contributed by atoms with E-state index in [0.717, 1.165) is 5.92 Å². The van der Waals surface area contributed by atoms with Gasteiger partial charge in [0.2, 0.25) is 0 Å². The van der Waals surface area contributed by atoms with Crippen LogP contribution in [-0.2, 0) is 4.79 Å². The Kier molecular flexibility index (Phi) is 25.3. The minimum absolute atomic E-state index is 0. The molecule has 1 fully saturated rings. The molecule has 0 unspecified atom stereocenters. The fraction of sp³-hybridized carbons (Fsp3) is 0.917. The van der Waals surface area contributed by atoms with Gasteiger partial charge in [0, 0.05) is 0 Å². The largest absolute Gasteiger partial charge is 0.412 e. The third-order valence-corrected chi connectivity index (χ3v) is 2.55. The highest BCUT2D eigenvalue weighted by molar-refractivity contribution is 5.10. The first-order valence-corrected chi connectivity index (χ1v) is 5.72. The molecular formula is C12H28O2. The van der Waals surface area contributed by atoms with E-state index >= 15 is 0 Å². The summed E-state index contributed by atoms with van der Waals surface area (Å²) in [7, 11) is 0. The average Bonchev–Trinajstić information content (AvgIpc) is 2.51. The lowest BCUT2D eigenvalue weighted by atomic mass is 9.98. The Bertz CT molecular complexity index is 76.4. The van der Waals surface area contributed by atoms with E-state index in [9.17, 15) is 0 Å². The van der Waals surface area contributed by atoms with E-state index in [1.807, 2.05) is 20.6 Å². The predicted molar refractivity (Wildman–Crippen MR) is 63.6 cm³/mol. The molecule has 88 valence electrons. The van der Waals surface area contributed by atoms with Crippen molar-refractivity contribution in [2.24, 2.45) is 5.92 Å². The standard InChI is InChI=1S/C9H18.C2H6.CH2O.H2O/c1-2-9-7-5-3-4-6-8-9;2*1-2;/h9H,2-8H2,1H3;1-2H3;1H2;1H2. The molecule has 0 atom stereocenters. The highest BCUT2D eigenvalue weighted by atomic mass is 16.1. The molecule has 0 saturated heterocycles. The van der Waals surface area contributed by atoms with Crippen LogP contribution in [0.5, 0.6) is 0 Å². The maximum Gasteiger partial charge on any atom is 0.106 e. The Labute approximate surface area is 89.4 Å². The summed E-state index contributed by atoms with van der Waals surface area (Å²) < 4.78 is 0. The summed E-state index contributed by atoms with van der Waals surface area (Å²) in [5.74, 6) is 1.08. The first kappa shape index (κ1) is 19.2. The molecule has 0 bridgehead atoms. The van der Waals surface area contributed by atoms with Crippen molar-refractivity contribution in [1.29, 1.82) is 0 Å². The Morgan fingerprint density at radius 3 is 1.64 bits per heavy atom. The molecule has 1 aliphatic carbocycles. The van der Waals surface area contributed by atoms with Crippen LogP contribution in [0.2, 0.25) is 0 Å². The minimum Gasteiger partial charge on any atom is -0.412 e. The van der Waals surface area contributed by atoms with Crippen LogP contribution in [0.15, 0.2) is 0 Å². The summed E-state index contributed by atoms with van der Waals surface area (Å²) >= 11 is 0. The number of hydrogen-bond acceptors (Lipinski definition) is 1. The molecule has 0 aromatic rings.